The molecule has 0 saturated carbocycles. The summed E-state index contributed by atoms with van der Waals surface area (Å²) in [6.45, 7) is 7.06. The largest absolute Gasteiger partial charge is 0.462 e. The second-order valence-corrected chi connectivity index (χ2v) is 14.2. The van der Waals surface area contributed by atoms with E-state index in [2.05, 4.69) is 24.5 Å². The molecule has 138 valence electrons. The van der Waals surface area contributed by atoms with Gasteiger partial charge in [0.2, 0.25) is 0 Å². The number of hydrogen-bond acceptors (Lipinski definition) is 4. The van der Waals surface area contributed by atoms with Crippen molar-refractivity contribution in [3.8, 4) is 0 Å². The van der Waals surface area contributed by atoms with Gasteiger partial charge in [0.05, 0.1) is 14.7 Å². The SMILES string of the molecule is C[Si](C)(C)CN1[C@@H]2CC[C@H]1CC(OC(=O)C(CO)c1ccccc1)C2. The van der Waals surface area contributed by atoms with Crippen molar-refractivity contribution in [3.05, 3.63) is 35.9 Å². The maximum Gasteiger partial charge on any atom is 0.316 e. The summed E-state index contributed by atoms with van der Waals surface area (Å²) >= 11 is 0. The minimum atomic E-state index is -1.12. The van der Waals surface area contributed by atoms with Crippen molar-refractivity contribution < 1.29 is 14.6 Å². The zero-order valence-corrected chi connectivity index (χ0v) is 16.6. The molecule has 4 nitrogen and oxygen atoms in total. The predicted molar refractivity (Wildman–Crippen MR) is 102 cm³/mol. The number of aliphatic hydroxyl groups is 1. The molecule has 0 aliphatic carbocycles. The third-order valence-corrected chi connectivity index (χ3v) is 6.76. The first-order chi connectivity index (χ1) is 11.9. The number of piperidine rings is 1. The van der Waals surface area contributed by atoms with Crippen molar-refractivity contribution in [1.82, 2.24) is 4.90 Å². The quantitative estimate of drug-likeness (QED) is 0.624. The van der Waals surface area contributed by atoms with E-state index < -0.39 is 14.0 Å². The van der Waals surface area contributed by atoms with Gasteiger partial charge >= 0.3 is 5.97 Å². The summed E-state index contributed by atoms with van der Waals surface area (Å²) in [5.41, 5.74) is 0.828. The molecule has 3 rings (SSSR count). The molecule has 25 heavy (non-hydrogen) atoms. The first-order valence-electron chi connectivity index (χ1n) is 9.49. The fourth-order valence-electron chi connectivity index (χ4n) is 4.37. The maximum atomic E-state index is 12.6. The van der Waals surface area contributed by atoms with E-state index in [-0.39, 0.29) is 18.7 Å². The summed E-state index contributed by atoms with van der Waals surface area (Å²) in [7, 11) is -1.12. The Kier molecular flexibility index (Phi) is 5.66. The van der Waals surface area contributed by atoms with Crippen LogP contribution in [0.5, 0.6) is 0 Å². The fourth-order valence-corrected chi connectivity index (χ4v) is 5.99. The number of fused-ring (bicyclic) bond motifs is 2. The third-order valence-electron chi connectivity index (χ3n) is 5.45. The first-order valence-corrected chi connectivity index (χ1v) is 13.2. The zero-order valence-electron chi connectivity index (χ0n) is 15.6. The standard InChI is InChI=1S/C20H31NO3Si/c1-25(2,3)14-21-16-9-10-17(21)12-18(11-16)24-20(23)19(13-22)15-7-5-4-6-8-15/h4-8,16-19,22H,9-14H2,1-3H3/t16-,17+,18?,19?. The molecular formula is C20H31NO3Si. The van der Waals surface area contributed by atoms with Gasteiger partial charge in [-0.05, 0) is 37.4 Å². The third kappa shape index (κ3) is 4.52. The Morgan fingerprint density at radius 3 is 2.32 bits per heavy atom. The zero-order chi connectivity index (χ0) is 18.0. The van der Waals surface area contributed by atoms with Crippen LogP contribution < -0.4 is 0 Å². The smallest absolute Gasteiger partial charge is 0.316 e. The maximum absolute atomic E-state index is 12.6. The molecule has 0 spiro atoms. The lowest BCUT2D eigenvalue weighted by atomic mass is 9.98. The van der Waals surface area contributed by atoms with Crippen molar-refractivity contribution in [3.63, 3.8) is 0 Å². The van der Waals surface area contributed by atoms with Crippen LogP contribution in [0.3, 0.4) is 0 Å². The number of hydrogen-bond donors (Lipinski definition) is 1. The van der Waals surface area contributed by atoms with Gasteiger partial charge in [-0.1, -0.05) is 50.0 Å². The molecule has 2 unspecified atom stereocenters. The van der Waals surface area contributed by atoms with E-state index in [1.165, 1.54) is 19.0 Å². The minimum absolute atomic E-state index is 0.000599. The number of esters is 1. The number of aliphatic hydroxyl groups excluding tert-OH is 1. The molecule has 0 aromatic heterocycles. The van der Waals surface area contributed by atoms with Crippen LogP contribution in [0.1, 0.15) is 37.2 Å². The summed E-state index contributed by atoms with van der Waals surface area (Å²) < 4.78 is 5.84. The van der Waals surface area contributed by atoms with E-state index in [0.29, 0.717) is 12.1 Å². The Morgan fingerprint density at radius 2 is 1.80 bits per heavy atom. The van der Waals surface area contributed by atoms with Gasteiger partial charge in [0, 0.05) is 12.1 Å². The van der Waals surface area contributed by atoms with Crippen molar-refractivity contribution >= 4 is 14.0 Å². The van der Waals surface area contributed by atoms with Crippen molar-refractivity contribution in [2.75, 3.05) is 12.8 Å². The molecule has 2 bridgehead atoms. The van der Waals surface area contributed by atoms with E-state index in [9.17, 15) is 9.90 Å². The number of nitrogens with zero attached hydrogens (tertiary/aromatic N) is 1. The molecule has 0 radical (unpaired) electrons. The topological polar surface area (TPSA) is 49.8 Å². The molecule has 1 aromatic rings. The first kappa shape index (κ1) is 18.6. The van der Waals surface area contributed by atoms with Gasteiger partial charge in [-0.25, -0.2) is 0 Å². The lowest BCUT2D eigenvalue weighted by molar-refractivity contribution is -0.155. The Bertz CT molecular complexity index is 572. The van der Waals surface area contributed by atoms with Gasteiger partial charge in [0.1, 0.15) is 12.0 Å². The molecule has 2 heterocycles. The highest BCUT2D eigenvalue weighted by molar-refractivity contribution is 6.76. The monoisotopic (exact) mass is 361 g/mol. The average molecular weight is 362 g/mol. The molecule has 2 saturated heterocycles. The van der Waals surface area contributed by atoms with Gasteiger partial charge in [-0.15, -0.1) is 0 Å². The highest BCUT2D eigenvalue weighted by atomic mass is 28.3. The van der Waals surface area contributed by atoms with Crippen LogP contribution in [-0.2, 0) is 9.53 Å². The Labute approximate surface area is 152 Å². The van der Waals surface area contributed by atoms with Gasteiger partial charge in [-0.3, -0.25) is 9.69 Å². The van der Waals surface area contributed by atoms with Crippen LogP contribution in [0.2, 0.25) is 19.6 Å². The molecule has 2 aliphatic rings. The predicted octanol–water partition coefficient (Wildman–Crippen LogP) is 3.18. The number of benzene rings is 1. The van der Waals surface area contributed by atoms with Gasteiger partial charge in [-0.2, -0.15) is 0 Å². The summed E-state index contributed by atoms with van der Waals surface area (Å²) in [6, 6.07) is 10.6. The average Bonchev–Trinajstić information content (AvgIpc) is 2.78. The van der Waals surface area contributed by atoms with Crippen molar-refractivity contribution in [1.29, 1.82) is 0 Å². The Balaban J connectivity index is 1.61. The number of carbonyl (C=O) groups excluding carboxylic acids is 1. The lowest BCUT2D eigenvalue weighted by Crippen LogP contribution is -2.51. The molecule has 4 atom stereocenters. The minimum Gasteiger partial charge on any atom is -0.462 e. The second-order valence-electron chi connectivity index (χ2n) is 8.79. The summed E-state index contributed by atoms with van der Waals surface area (Å²) in [5, 5.41) is 9.66. The summed E-state index contributed by atoms with van der Waals surface area (Å²) in [5.74, 6) is -0.851. The molecular weight excluding hydrogens is 330 g/mol. The van der Waals surface area contributed by atoms with Crippen molar-refractivity contribution in [2.24, 2.45) is 0 Å². The molecule has 1 aromatic carbocycles. The van der Waals surface area contributed by atoms with Gasteiger partial charge in [0.25, 0.3) is 0 Å². The van der Waals surface area contributed by atoms with Gasteiger partial charge in [0.15, 0.2) is 0 Å². The van der Waals surface area contributed by atoms with Crippen molar-refractivity contribution in [2.45, 2.75) is 69.4 Å². The van der Waals surface area contributed by atoms with Crippen LogP contribution in [0.4, 0.5) is 0 Å². The van der Waals surface area contributed by atoms with Crippen LogP contribution >= 0.6 is 0 Å². The van der Waals surface area contributed by atoms with Gasteiger partial charge < -0.3 is 9.84 Å². The highest BCUT2D eigenvalue weighted by Gasteiger charge is 2.43. The number of rotatable bonds is 6. The second kappa shape index (κ2) is 7.60. The molecule has 2 fully saturated rings. The Morgan fingerprint density at radius 1 is 1.20 bits per heavy atom. The normalized spacial score (nSPS) is 27.9. The lowest BCUT2D eigenvalue weighted by Gasteiger charge is -2.41. The van der Waals surface area contributed by atoms with E-state index in [1.807, 2.05) is 30.3 Å². The van der Waals surface area contributed by atoms with E-state index >= 15 is 0 Å². The van der Waals surface area contributed by atoms with Crippen LogP contribution in [0, 0.1) is 0 Å². The summed E-state index contributed by atoms with van der Waals surface area (Å²) in [6.07, 6.45) is 5.59. The Hall–Kier alpha value is -1.17. The van der Waals surface area contributed by atoms with E-state index in [1.54, 1.807) is 0 Å². The number of ether oxygens (including phenoxy) is 1. The van der Waals surface area contributed by atoms with Crippen LogP contribution in [0.15, 0.2) is 30.3 Å². The van der Waals surface area contributed by atoms with E-state index in [0.717, 1.165) is 18.4 Å². The number of carbonyl (C=O) groups is 1. The van der Waals surface area contributed by atoms with E-state index in [4.69, 9.17) is 4.74 Å². The molecule has 2 aliphatic heterocycles. The molecule has 0 amide bonds. The summed E-state index contributed by atoms with van der Waals surface area (Å²) in [4.78, 5) is 15.3. The molecule has 1 N–H and O–H groups in total. The van der Waals surface area contributed by atoms with Crippen LogP contribution in [0.25, 0.3) is 0 Å². The van der Waals surface area contributed by atoms with Crippen LogP contribution in [-0.4, -0.2) is 55.0 Å². The fraction of sp³-hybridized carbons (Fsp3) is 0.650. The highest BCUT2D eigenvalue weighted by Crippen LogP contribution is 2.38. The molecule has 5 heteroatoms.